The minimum absolute atomic E-state index is 0.0968. The van der Waals surface area contributed by atoms with E-state index in [1.165, 1.54) is 44.9 Å². The number of carbonyl (C=O) groups is 1. The predicted octanol–water partition coefficient (Wildman–Crippen LogP) is 12.5. The van der Waals surface area contributed by atoms with Crippen LogP contribution in [0.5, 0.6) is 11.5 Å². The average Bonchev–Trinajstić information content (AvgIpc) is 4.19. The Labute approximate surface area is 419 Å². The summed E-state index contributed by atoms with van der Waals surface area (Å²) in [7, 11) is 0. The number of nitrogens with zero attached hydrogens (tertiary/aromatic N) is 3. The zero-order valence-corrected chi connectivity index (χ0v) is 43.1. The smallest absolute Gasteiger partial charge is 0.410 e. The molecule has 1 saturated heterocycles. The molecule has 11 heteroatoms. The second-order valence-electron chi connectivity index (χ2n) is 21.2. The zero-order valence-electron chi connectivity index (χ0n) is 43.1. The van der Waals surface area contributed by atoms with Crippen LogP contribution in [0, 0.1) is 17.8 Å². The number of unbranched alkanes of at least 4 members (excludes halogenated alkanes) is 11. The van der Waals surface area contributed by atoms with Crippen molar-refractivity contribution in [2.24, 2.45) is 22.9 Å². The maximum atomic E-state index is 15.3. The number of rotatable bonds is 30. The molecule has 3 aromatic carbocycles. The number of benzene rings is 3. The standard InChI is InChI=1S/C59H85N3O8/c1-6-8-9-10-11-12-13-14-15-22-38-67-57(65)62(43-46-27-23-26-44-24-16-17-28-48(44)46)54-42-52(60-70-58(3,4)5)50-40-45(25-18-20-35-63)49(29-19-21-36-64)55-51-41-47(66-39-34-61-32-33-61)30-31-53(51)69-59(54,56(50)55)68-37-7-2/h7,16-17,23-24,26-28,30-31,40-41,45,49,54-56,63-64H,2,6,8-15,18-22,25,29,32-39,42-43H2,1,3-5H3/t45-,49+,54-,55+,56+,59+/m0/s1. The molecular weight excluding hydrogens is 879 g/mol. The van der Waals surface area contributed by atoms with Crippen LogP contribution < -0.4 is 9.47 Å². The van der Waals surface area contributed by atoms with E-state index in [4.69, 9.17) is 28.9 Å². The van der Waals surface area contributed by atoms with Gasteiger partial charge in [0.25, 0.3) is 0 Å². The van der Waals surface area contributed by atoms with Crippen LogP contribution in [0.4, 0.5) is 4.79 Å². The van der Waals surface area contributed by atoms with Crippen LogP contribution in [0.2, 0.25) is 0 Å². The number of aliphatic hydroxyl groups excluding tert-OH is 2. The van der Waals surface area contributed by atoms with E-state index in [1.807, 2.05) is 49.9 Å². The van der Waals surface area contributed by atoms with Gasteiger partial charge >= 0.3 is 6.09 Å². The highest BCUT2D eigenvalue weighted by atomic mass is 16.7. The fraction of sp³-hybridized carbons (Fsp3) is 0.627. The monoisotopic (exact) mass is 964 g/mol. The Morgan fingerprint density at radius 3 is 2.31 bits per heavy atom. The fourth-order valence-corrected chi connectivity index (χ4v) is 11.3. The molecule has 2 heterocycles. The summed E-state index contributed by atoms with van der Waals surface area (Å²) in [6.07, 6.45) is 20.7. The van der Waals surface area contributed by atoms with Crippen molar-refractivity contribution in [3.63, 3.8) is 0 Å². The second-order valence-corrected chi connectivity index (χ2v) is 21.2. The molecule has 0 radical (unpaired) electrons. The second kappa shape index (κ2) is 26.3. The molecule has 1 saturated carbocycles. The van der Waals surface area contributed by atoms with Crippen molar-refractivity contribution in [1.29, 1.82) is 0 Å². The van der Waals surface area contributed by atoms with E-state index in [1.54, 1.807) is 6.08 Å². The first-order valence-electron chi connectivity index (χ1n) is 27.1. The molecule has 11 nitrogen and oxygen atoms in total. The van der Waals surface area contributed by atoms with E-state index in [0.717, 1.165) is 104 Å². The van der Waals surface area contributed by atoms with Gasteiger partial charge in [-0.1, -0.05) is 137 Å². The van der Waals surface area contributed by atoms with Crippen LogP contribution in [0.15, 0.2) is 90.1 Å². The number of oxime groups is 1. The molecule has 2 aliphatic heterocycles. The highest BCUT2D eigenvalue weighted by molar-refractivity contribution is 6.03. The van der Waals surface area contributed by atoms with Crippen molar-refractivity contribution in [3.05, 3.63) is 96.1 Å². The lowest BCUT2D eigenvalue weighted by molar-refractivity contribution is -0.256. The third-order valence-corrected chi connectivity index (χ3v) is 14.8. The van der Waals surface area contributed by atoms with E-state index in [2.05, 4.69) is 60.9 Å². The summed E-state index contributed by atoms with van der Waals surface area (Å²) in [5.74, 6) is -0.307. The zero-order chi connectivity index (χ0) is 49.4. The minimum atomic E-state index is -1.41. The summed E-state index contributed by atoms with van der Waals surface area (Å²) in [6.45, 7) is 17.0. The number of hydrogen-bond acceptors (Lipinski definition) is 10. The van der Waals surface area contributed by atoms with E-state index in [9.17, 15) is 10.2 Å². The molecule has 70 heavy (non-hydrogen) atoms. The molecular formula is C59H85N3O8. The first kappa shape index (κ1) is 53.4. The van der Waals surface area contributed by atoms with Crippen molar-refractivity contribution in [3.8, 4) is 11.5 Å². The fourth-order valence-electron chi connectivity index (χ4n) is 11.3. The van der Waals surface area contributed by atoms with Crippen molar-refractivity contribution >= 4 is 22.6 Å². The van der Waals surface area contributed by atoms with Crippen LogP contribution in [-0.4, -0.2) is 102 Å². The van der Waals surface area contributed by atoms with Crippen molar-refractivity contribution < 1.29 is 38.8 Å². The van der Waals surface area contributed by atoms with Crippen LogP contribution in [0.25, 0.3) is 10.8 Å². The summed E-state index contributed by atoms with van der Waals surface area (Å²) in [4.78, 5) is 25.9. The topological polar surface area (TPSA) is 122 Å². The highest BCUT2D eigenvalue weighted by Gasteiger charge is 2.66. The van der Waals surface area contributed by atoms with Gasteiger partial charge in [-0.25, -0.2) is 4.79 Å². The SMILES string of the molecule is C=CCO[C@@]12Oc3ccc(OCCN4CC4)cc3[C@H]3[C@H](CCCCO)[C@@H](CCCCO)C=C(C(=NOC(C)(C)C)C[C@@H]1N(Cc1cccc4ccccc14)C(=O)OCCCCCCCCCCCC)[C@H]32. The summed E-state index contributed by atoms with van der Waals surface area (Å²) >= 11 is 0. The number of amides is 1. The summed E-state index contributed by atoms with van der Waals surface area (Å²) in [5.41, 5.74) is 3.21. The van der Waals surface area contributed by atoms with Crippen molar-refractivity contribution in [2.75, 3.05) is 52.7 Å². The lowest BCUT2D eigenvalue weighted by Crippen LogP contribution is -2.70. The van der Waals surface area contributed by atoms with E-state index in [-0.39, 0.29) is 50.5 Å². The molecule has 3 aromatic rings. The van der Waals surface area contributed by atoms with E-state index < -0.39 is 29.4 Å². The number of hydrogen-bond donors (Lipinski definition) is 2. The molecule has 2 N–H and O–H groups in total. The summed E-state index contributed by atoms with van der Waals surface area (Å²) in [5, 5.41) is 27.3. The number of aliphatic hydroxyl groups is 2. The lowest BCUT2D eigenvalue weighted by Gasteiger charge is -2.60. The molecule has 0 aromatic heterocycles. The van der Waals surface area contributed by atoms with Crippen LogP contribution in [0.1, 0.15) is 154 Å². The molecule has 2 fully saturated rings. The van der Waals surface area contributed by atoms with Gasteiger partial charge in [0.15, 0.2) is 0 Å². The molecule has 384 valence electrons. The van der Waals surface area contributed by atoms with Gasteiger partial charge in [-0.2, -0.15) is 0 Å². The Morgan fingerprint density at radius 1 is 0.886 bits per heavy atom. The maximum absolute atomic E-state index is 15.3. The molecule has 2 aliphatic carbocycles. The Kier molecular flexibility index (Phi) is 20.1. The first-order chi connectivity index (χ1) is 34.1. The van der Waals surface area contributed by atoms with Gasteiger partial charge < -0.3 is 34.0 Å². The number of allylic oxidation sites excluding steroid dienone is 1. The number of ether oxygens (including phenoxy) is 4. The molecule has 4 aliphatic rings. The maximum Gasteiger partial charge on any atom is 0.410 e. The molecule has 0 spiro atoms. The molecule has 0 bridgehead atoms. The van der Waals surface area contributed by atoms with E-state index >= 15 is 4.79 Å². The predicted molar refractivity (Wildman–Crippen MR) is 280 cm³/mol. The molecule has 0 unspecified atom stereocenters. The molecule has 1 amide bonds. The summed E-state index contributed by atoms with van der Waals surface area (Å²) in [6, 6.07) is 20.1. The molecule has 7 rings (SSSR count). The van der Waals surface area contributed by atoms with Gasteiger partial charge in [0.1, 0.15) is 29.7 Å². The third-order valence-electron chi connectivity index (χ3n) is 14.8. The normalized spacial score (nSPS) is 23.3. The van der Waals surface area contributed by atoms with Crippen molar-refractivity contribution in [2.45, 2.75) is 167 Å². The quantitative estimate of drug-likeness (QED) is 0.0291. The lowest BCUT2D eigenvalue weighted by atomic mass is 9.55. The first-order valence-corrected chi connectivity index (χ1v) is 27.1. The number of carbonyl (C=O) groups excluding carboxylic acids is 1. The Morgan fingerprint density at radius 2 is 1.60 bits per heavy atom. The molecule has 6 atom stereocenters. The number of fused-ring (bicyclic) bond motifs is 3. The minimum Gasteiger partial charge on any atom is -0.492 e. The average molecular weight is 964 g/mol. The van der Waals surface area contributed by atoms with Gasteiger partial charge in [-0.15, -0.1) is 6.58 Å². The third kappa shape index (κ3) is 14.0. The van der Waals surface area contributed by atoms with Crippen LogP contribution in [-0.2, 0) is 20.9 Å². The van der Waals surface area contributed by atoms with Gasteiger partial charge in [-0.05, 0) is 105 Å². The van der Waals surface area contributed by atoms with Gasteiger partial charge in [0.2, 0.25) is 5.79 Å². The Hall–Kier alpha value is -4.42. The van der Waals surface area contributed by atoms with Gasteiger partial charge in [0, 0.05) is 50.8 Å². The Bertz CT molecular complexity index is 2180. The van der Waals surface area contributed by atoms with Crippen LogP contribution >= 0.6 is 0 Å². The van der Waals surface area contributed by atoms with Crippen molar-refractivity contribution in [1.82, 2.24) is 9.80 Å². The van der Waals surface area contributed by atoms with Gasteiger partial charge in [-0.3, -0.25) is 9.80 Å². The highest BCUT2D eigenvalue weighted by Crippen LogP contribution is 2.62. The largest absolute Gasteiger partial charge is 0.492 e. The Balaban J connectivity index is 1.34. The summed E-state index contributed by atoms with van der Waals surface area (Å²) < 4.78 is 27.7. The van der Waals surface area contributed by atoms with Gasteiger partial charge in [0.05, 0.1) is 31.4 Å². The van der Waals surface area contributed by atoms with E-state index in [0.29, 0.717) is 31.8 Å². The van der Waals surface area contributed by atoms with Crippen LogP contribution in [0.3, 0.4) is 0 Å².